The molecule has 0 amide bonds. The monoisotopic (exact) mass is 326 g/mol. The summed E-state index contributed by atoms with van der Waals surface area (Å²) in [6.07, 6.45) is 2.05. The topological polar surface area (TPSA) is 3.01 Å². The van der Waals surface area contributed by atoms with Gasteiger partial charge in [-0.3, -0.25) is 0 Å². The zero-order chi connectivity index (χ0) is 17.3. The van der Waals surface area contributed by atoms with Crippen molar-refractivity contribution in [3.63, 3.8) is 0 Å². The fourth-order valence-corrected chi connectivity index (χ4v) is 4.26. The second-order valence-electron chi connectivity index (χ2n) is 7.07. The van der Waals surface area contributed by atoms with Gasteiger partial charge in [0, 0.05) is 18.6 Å². The minimum absolute atomic E-state index is 0.00799. The first kappa shape index (κ1) is 15.8. The van der Waals surface area contributed by atoms with Crippen molar-refractivity contribution in [3.05, 3.63) is 102 Å². The van der Waals surface area contributed by atoms with E-state index in [2.05, 4.69) is 103 Å². The molecule has 3 aromatic carbocycles. The molecular weight excluding hydrogens is 302 g/mol. The van der Waals surface area contributed by atoms with Crippen LogP contribution in [-0.2, 0) is 18.3 Å². The molecular formula is C24H24N+. The molecule has 0 aromatic heterocycles. The molecule has 0 N–H and O–H groups in total. The van der Waals surface area contributed by atoms with Crippen molar-refractivity contribution < 1.29 is 4.58 Å². The summed E-state index contributed by atoms with van der Waals surface area (Å²) in [5.74, 6) is 0. The average molecular weight is 326 g/mol. The minimum Gasteiger partial charge on any atom is -0.202 e. The molecule has 0 spiro atoms. The Morgan fingerprint density at radius 3 is 1.72 bits per heavy atom. The Bertz CT molecular complexity index is 866. The van der Waals surface area contributed by atoms with Crippen LogP contribution in [0.25, 0.3) is 0 Å². The number of fused-ring (bicyclic) bond motifs is 1. The predicted octanol–water partition coefficient (Wildman–Crippen LogP) is 5.16. The highest BCUT2D eigenvalue weighted by atomic mass is 15.0. The van der Waals surface area contributed by atoms with E-state index in [9.17, 15) is 0 Å². The van der Waals surface area contributed by atoms with E-state index >= 15 is 0 Å². The molecule has 1 aliphatic heterocycles. The molecule has 25 heavy (non-hydrogen) atoms. The standard InChI is InChI=1S/C24H24N/c1-19-24(17-20-11-5-3-6-12-20,18-21-13-7-4-8-14-21)22-15-9-10-16-23(22)25(19)2/h3-16H,17-18H2,1-2H3/q+1. The fourth-order valence-electron chi connectivity index (χ4n) is 4.26. The lowest BCUT2D eigenvalue weighted by molar-refractivity contribution is -0.403. The molecule has 1 aliphatic rings. The summed E-state index contributed by atoms with van der Waals surface area (Å²) in [7, 11) is 2.20. The van der Waals surface area contributed by atoms with Gasteiger partial charge >= 0.3 is 0 Å². The molecule has 124 valence electrons. The van der Waals surface area contributed by atoms with E-state index in [4.69, 9.17) is 0 Å². The normalized spacial score (nSPS) is 15.3. The van der Waals surface area contributed by atoms with Crippen LogP contribution in [0.5, 0.6) is 0 Å². The molecule has 0 saturated carbocycles. The highest BCUT2D eigenvalue weighted by molar-refractivity contribution is 5.94. The van der Waals surface area contributed by atoms with E-state index in [1.165, 1.54) is 28.1 Å². The highest BCUT2D eigenvalue weighted by Crippen LogP contribution is 2.43. The maximum absolute atomic E-state index is 2.38. The Morgan fingerprint density at radius 2 is 1.16 bits per heavy atom. The molecule has 0 saturated heterocycles. The molecule has 1 heterocycles. The van der Waals surface area contributed by atoms with Gasteiger partial charge in [0.25, 0.3) is 0 Å². The molecule has 1 heteroatoms. The SMILES string of the molecule is CC1=[N+](C)c2ccccc2C1(Cc1ccccc1)Cc1ccccc1. The quantitative estimate of drug-likeness (QED) is 0.583. The van der Waals surface area contributed by atoms with E-state index in [-0.39, 0.29) is 5.41 Å². The zero-order valence-electron chi connectivity index (χ0n) is 14.9. The van der Waals surface area contributed by atoms with Crippen LogP contribution in [0.3, 0.4) is 0 Å². The first-order valence-corrected chi connectivity index (χ1v) is 8.96. The first-order chi connectivity index (χ1) is 12.2. The predicted molar refractivity (Wildman–Crippen MR) is 105 cm³/mol. The van der Waals surface area contributed by atoms with Crippen molar-refractivity contribution in [2.45, 2.75) is 25.2 Å². The van der Waals surface area contributed by atoms with E-state index in [1.54, 1.807) is 0 Å². The zero-order valence-corrected chi connectivity index (χ0v) is 14.9. The van der Waals surface area contributed by atoms with Crippen LogP contribution in [0.1, 0.15) is 23.6 Å². The summed E-state index contributed by atoms with van der Waals surface area (Å²) in [6.45, 7) is 2.30. The lowest BCUT2D eigenvalue weighted by Crippen LogP contribution is -2.38. The van der Waals surface area contributed by atoms with Crippen LogP contribution in [0.2, 0.25) is 0 Å². The summed E-state index contributed by atoms with van der Waals surface area (Å²) < 4.78 is 2.38. The molecule has 0 fully saturated rings. The Balaban J connectivity index is 1.88. The molecule has 0 unspecified atom stereocenters. The second kappa shape index (κ2) is 6.33. The van der Waals surface area contributed by atoms with Gasteiger partial charge in [0.1, 0.15) is 7.05 Å². The molecule has 3 aromatic rings. The van der Waals surface area contributed by atoms with Crippen molar-refractivity contribution in [2.24, 2.45) is 0 Å². The number of nitrogens with zero attached hydrogens (tertiary/aromatic N) is 1. The third-order valence-electron chi connectivity index (χ3n) is 5.67. The Labute approximate surface area is 150 Å². The number of benzene rings is 3. The molecule has 0 atom stereocenters. The van der Waals surface area contributed by atoms with Crippen LogP contribution in [0.15, 0.2) is 84.9 Å². The van der Waals surface area contributed by atoms with Crippen LogP contribution in [0.4, 0.5) is 5.69 Å². The van der Waals surface area contributed by atoms with Crippen LogP contribution in [-0.4, -0.2) is 17.3 Å². The van der Waals surface area contributed by atoms with Crippen molar-refractivity contribution in [1.29, 1.82) is 0 Å². The molecule has 0 bridgehead atoms. The van der Waals surface area contributed by atoms with E-state index in [0.29, 0.717) is 0 Å². The smallest absolute Gasteiger partial charge is 0.202 e. The number of hydrogen-bond donors (Lipinski definition) is 0. The summed E-state index contributed by atoms with van der Waals surface area (Å²) in [5.41, 5.74) is 7.01. The summed E-state index contributed by atoms with van der Waals surface area (Å²) in [5, 5.41) is 0. The summed E-state index contributed by atoms with van der Waals surface area (Å²) in [4.78, 5) is 0. The fraction of sp³-hybridized carbons (Fsp3) is 0.208. The Hall–Kier alpha value is -2.67. The van der Waals surface area contributed by atoms with Gasteiger partial charge in [0.15, 0.2) is 5.71 Å². The lowest BCUT2D eigenvalue weighted by Gasteiger charge is -2.28. The average Bonchev–Trinajstić information content (AvgIpc) is 2.86. The van der Waals surface area contributed by atoms with Crippen molar-refractivity contribution in [1.82, 2.24) is 0 Å². The number of rotatable bonds is 4. The molecule has 0 radical (unpaired) electrons. The highest BCUT2D eigenvalue weighted by Gasteiger charge is 2.48. The largest absolute Gasteiger partial charge is 0.209 e. The van der Waals surface area contributed by atoms with Crippen molar-refractivity contribution >= 4 is 11.4 Å². The third-order valence-corrected chi connectivity index (χ3v) is 5.67. The van der Waals surface area contributed by atoms with Gasteiger partial charge in [-0.1, -0.05) is 78.9 Å². The van der Waals surface area contributed by atoms with Crippen LogP contribution in [0, 0.1) is 0 Å². The van der Waals surface area contributed by atoms with E-state index in [0.717, 1.165) is 12.8 Å². The van der Waals surface area contributed by atoms with Gasteiger partial charge in [0.2, 0.25) is 5.69 Å². The third kappa shape index (κ3) is 2.70. The molecule has 1 nitrogen and oxygen atoms in total. The maximum atomic E-state index is 2.38. The van der Waals surface area contributed by atoms with Gasteiger partial charge in [-0.15, -0.1) is 0 Å². The van der Waals surface area contributed by atoms with Gasteiger partial charge < -0.3 is 0 Å². The number of para-hydroxylation sites is 1. The second-order valence-corrected chi connectivity index (χ2v) is 7.07. The van der Waals surface area contributed by atoms with Gasteiger partial charge in [-0.05, 0) is 24.0 Å². The Kier molecular flexibility index (Phi) is 4.01. The van der Waals surface area contributed by atoms with E-state index < -0.39 is 0 Å². The van der Waals surface area contributed by atoms with Crippen LogP contribution < -0.4 is 0 Å². The van der Waals surface area contributed by atoms with E-state index in [1.807, 2.05) is 0 Å². The lowest BCUT2D eigenvalue weighted by atomic mass is 9.69. The van der Waals surface area contributed by atoms with Gasteiger partial charge in [-0.25, -0.2) is 4.58 Å². The summed E-state index contributed by atoms with van der Waals surface area (Å²) in [6, 6.07) is 30.7. The van der Waals surface area contributed by atoms with Crippen molar-refractivity contribution in [3.8, 4) is 0 Å². The number of hydrogen-bond acceptors (Lipinski definition) is 0. The Morgan fingerprint density at radius 1 is 0.680 bits per heavy atom. The van der Waals surface area contributed by atoms with Gasteiger partial charge in [-0.2, -0.15) is 0 Å². The first-order valence-electron chi connectivity index (χ1n) is 8.96. The summed E-state index contributed by atoms with van der Waals surface area (Å²) >= 11 is 0. The minimum atomic E-state index is 0.00799. The maximum Gasteiger partial charge on any atom is 0.209 e. The molecule has 4 rings (SSSR count). The van der Waals surface area contributed by atoms with Crippen LogP contribution >= 0.6 is 0 Å². The molecule has 0 aliphatic carbocycles. The van der Waals surface area contributed by atoms with Gasteiger partial charge in [0.05, 0.1) is 5.41 Å². The van der Waals surface area contributed by atoms with Crippen molar-refractivity contribution in [2.75, 3.05) is 7.05 Å².